The van der Waals surface area contributed by atoms with Crippen LogP contribution in [-0.4, -0.2) is 57.7 Å². The van der Waals surface area contributed by atoms with Crippen molar-refractivity contribution in [1.29, 1.82) is 0 Å². The van der Waals surface area contributed by atoms with E-state index < -0.39 is 33.3 Å². The molecule has 0 N–H and O–H groups in total. The van der Waals surface area contributed by atoms with Crippen LogP contribution in [0.4, 0.5) is 0 Å². The minimum absolute atomic E-state index is 0.177. The highest BCUT2D eigenvalue weighted by molar-refractivity contribution is 6.75. The molecule has 0 fully saturated rings. The molecule has 0 aromatic heterocycles. The predicted octanol–water partition coefficient (Wildman–Crippen LogP) is 13.2. The van der Waals surface area contributed by atoms with Crippen LogP contribution in [0.3, 0.4) is 0 Å². The average Bonchev–Trinajstić information content (AvgIpc) is 3.10. The van der Waals surface area contributed by atoms with Gasteiger partial charge in [0.15, 0.2) is 33.3 Å². The molecule has 0 spiro atoms. The summed E-state index contributed by atoms with van der Waals surface area (Å²) in [6.07, 6.45) is 12.8. The molecule has 0 amide bonds. The molecule has 0 saturated carbocycles. The topological polar surface area (TPSA) is 36.9 Å². The van der Waals surface area contributed by atoms with Crippen molar-refractivity contribution in [3.8, 4) is 0 Å². The molecule has 0 saturated heterocycles. The first-order chi connectivity index (χ1) is 20.8. The van der Waals surface area contributed by atoms with E-state index in [1.165, 1.54) is 11.1 Å². The zero-order valence-corrected chi connectivity index (χ0v) is 39.0. The summed E-state index contributed by atoms with van der Waals surface area (Å²) in [6.45, 7) is 47.5. The van der Waals surface area contributed by atoms with Gasteiger partial charge in [0.2, 0.25) is 0 Å². The second kappa shape index (κ2) is 15.0. The van der Waals surface area contributed by atoms with E-state index in [0.29, 0.717) is 0 Å². The van der Waals surface area contributed by atoms with Gasteiger partial charge in [-0.15, -0.1) is 0 Å². The molecular weight excluding hydrogens is 645 g/mol. The third-order valence-electron chi connectivity index (χ3n) is 12.9. The van der Waals surface area contributed by atoms with Crippen LogP contribution < -0.4 is 0 Å². The van der Waals surface area contributed by atoms with E-state index in [0.717, 1.165) is 44.9 Å². The molecule has 0 aliphatic heterocycles. The lowest BCUT2D eigenvalue weighted by Crippen LogP contribution is -2.47. The van der Waals surface area contributed by atoms with Crippen LogP contribution in [0, 0.1) is 0 Å². The summed E-state index contributed by atoms with van der Waals surface area (Å²) >= 11 is 0. The highest BCUT2D eigenvalue weighted by Gasteiger charge is 2.45. The summed E-state index contributed by atoms with van der Waals surface area (Å²) in [4.78, 5) is 0. The molecule has 8 heteroatoms. The molecule has 4 nitrogen and oxygen atoms in total. The summed E-state index contributed by atoms with van der Waals surface area (Å²) in [5.74, 6) is 0. The van der Waals surface area contributed by atoms with E-state index in [1.54, 1.807) is 0 Å². The van der Waals surface area contributed by atoms with Crippen molar-refractivity contribution in [1.82, 2.24) is 0 Å². The first-order valence-electron chi connectivity index (χ1n) is 18.8. The second-order valence-corrected chi connectivity index (χ2v) is 40.3. The Morgan fingerprint density at radius 2 is 0.681 bits per heavy atom. The molecule has 0 aromatic carbocycles. The van der Waals surface area contributed by atoms with Crippen molar-refractivity contribution in [2.75, 3.05) is 0 Å². The van der Waals surface area contributed by atoms with Crippen molar-refractivity contribution in [2.24, 2.45) is 0 Å². The van der Waals surface area contributed by atoms with Crippen LogP contribution in [0.15, 0.2) is 23.3 Å². The number of rotatable bonds is 10. The van der Waals surface area contributed by atoms with E-state index >= 15 is 0 Å². The maximum absolute atomic E-state index is 7.21. The predicted molar refractivity (Wildman–Crippen MR) is 217 cm³/mol. The maximum atomic E-state index is 7.21. The van der Waals surface area contributed by atoms with Gasteiger partial charge in [-0.25, -0.2) is 0 Å². The molecule has 4 atom stereocenters. The Balaban J connectivity index is 2.44. The summed E-state index contributed by atoms with van der Waals surface area (Å²) in [5.41, 5.74) is 3.05. The first kappa shape index (κ1) is 43.4. The highest BCUT2D eigenvalue weighted by Crippen LogP contribution is 2.44. The van der Waals surface area contributed by atoms with Crippen molar-refractivity contribution >= 4 is 33.3 Å². The summed E-state index contributed by atoms with van der Waals surface area (Å²) in [6, 6.07) is 0. The Morgan fingerprint density at radius 1 is 0.447 bits per heavy atom. The Kier molecular flexibility index (Phi) is 13.9. The van der Waals surface area contributed by atoms with E-state index in [1.807, 2.05) is 0 Å². The largest absolute Gasteiger partial charge is 0.414 e. The second-order valence-electron chi connectivity index (χ2n) is 21.3. The van der Waals surface area contributed by atoms with Crippen LogP contribution >= 0.6 is 0 Å². The molecule has 47 heavy (non-hydrogen) atoms. The van der Waals surface area contributed by atoms with Crippen LogP contribution in [0.5, 0.6) is 0 Å². The Hall–Kier alpha value is 0.188. The van der Waals surface area contributed by atoms with Crippen molar-refractivity contribution < 1.29 is 17.7 Å². The normalized spacial score (nSPS) is 25.2. The minimum Gasteiger partial charge on any atom is -0.414 e. The zero-order valence-electron chi connectivity index (χ0n) is 35.0. The molecule has 0 aromatic rings. The van der Waals surface area contributed by atoms with Gasteiger partial charge in [-0.2, -0.15) is 0 Å². The zero-order chi connectivity index (χ0) is 36.7. The summed E-state index contributed by atoms with van der Waals surface area (Å²) in [7, 11) is -7.71. The fourth-order valence-corrected chi connectivity index (χ4v) is 11.1. The molecule has 0 radical (unpaired) electrons. The summed E-state index contributed by atoms with van der Waals surface area (Å²) in [5, 5.41) is 0.733. The van der Waals surface area contributed by atoms with Crippen LogP contribution in [-0.2, 0) is 17.7 Å². The van der Waals surface area contributed by atoms with E-state index in [9.17, 15) is 0 Å². The molecule has 276 valence electrons. The van der Waals surface area contributed by atoms with Crippen LogP contribution in [0.1, 0.15) is 128 Å². The minimum atomic E-state index is -1.95. The number of hydrogen-bond acceptors (Lipinski definition) is 4. The average molecular weight is 725 g/mol. The van der Waals surface area contributed by atoms with Crippen molar-refractivity contribution in [3.05, 3.63) is 23.3 Å². The quantitative estimate of drug-likeness (QED) is 0.166. The smallest absolute Gasteiger partial charge is 0.192 e. The molecule has 0 unspecified atom stereocenters. The lowest BCUT2D eigenvalue weighted by atomic mass is 9.96. The van der Waals surface area contributed by atoms with Crippen molar-refractivity contribution in [2.45, 2.75) is 225 Å². The molecule has 2 rings (SSSR count). The van der Waals surface area contributed by atoms with Crippen LogP contribution in [0.25, 0.3) is 0 Å². The van der Waals surface area contributed by atoms with E-state index in [-0.39, 0.29) is 44.6 Å². The van der Waals surface area contributed by atoms with Gasteiger partial charge in [0.1, 0.15) is 0 Å². The van der Waals surface area contributed by atoms with Gasteiger partial charge >= 0.3 is 0 Å². The Labute approximate surface area is 298 Å². The third-order valence-corrected chi connectivity index (χ3v) is 31.0. The van der Waals surface area contributed by atoms with Gasteiger partial charge in [0.05, 0.1) is 24.4 Å². The lowest BCUT2D eigenvalue weighted by molar-refractivity contribution is 0.0972. The van der Waals surface area contributed by atoms with E-state index in [4.69, 9.17) is 17.7 Å². The Morgan fingerprint density at radius 3 is 0.915 bits per heavy atom. The van der Waals surface area contributed by atoms with Gasteiger partial charge in [-0.3, -0.25) is 0 Å². The lowest BCUT2D eigenvalue weighted by Gasteiger charge is -2.42. The maximum Gasteiger partial charge on any atom is 0.192 e. The Bertz CT molecular complexity index is 1010. The summed E-state index contributed by atoms with van der Waals surface area (Å²) < 4.78 is 28.6. The molecule has 0 bridgehead atoms. The molecule has 0 heterocycles. The number of hydrogen-bond donors (Lipinski definition) is 0. The first-order valence-corrected chi connectivity index (χ1v) is 30.5. The van der Waals surface area contributed by atoms with Gasteiger partial charge < -0.3 is 17.7 Å². The van der Waals surface area contributed by atoms with E-state index in [2.05, 4.69) is 148 Å². The van der Waals surface area contributed by atoms with Crippen LogP contribution in [0.2, 0.25) is 72.5 Å². The standard InChI is InChI=1S/C39H80O4Si4/c1-36(2,3)44(13,14)40-32-23-21-30(26-34(28-32)42-46(17,18)38(7,8)9)25-31-22-24-33(41-45(15,16)37(4,5)6)29-35(27-31)43-47(19,20)39(10,11)12/h21-22,32-35H,23-29H2,1-20H3/t32-,33+,34+,35-. The van der Waals surface area contributed by atoms with Gasteiger partial charge in [-0.05, 0) is 117 Å². The molecule has 2 aliphatic rings. The fraction of sp³-hybridized carbons (Fsp3) is 0.897. The monoisotopic (exact) mass is 725 g/mol. The molecule has 2 aliphatic carbocycles. The highest BCUT2D eigenvalue weighted by atomic mass is 28.4. The van der Waals surface area contributed by atoms with Gasteiger partial charge in [0.25, 0.3) is 0 Å². The molecular formula is C39H80O4Si4. The van der Waals surface area contributed by atoms with Gasteiger partial charge in [0, 0.05) is 0 Å². The SMILES string of the molecule is CC(C)(C)[Si](C)(C)O[C@@H]1CC=C(CC2=CC[C@H](O[Si](C)(C)C(C)(C)C)C[C@H](O[Si](C)(C)C(C)(C)C)C2)C[C@H](O[Si](C)(C)C(C)(C)C)C1. The van der Waals surface area contributed by atoms with Gasteiger partial charge in [-0.1, -0.05) is 106 Å². The third kappa shape index (κ3) is 12.1. The fourth-order valence-electron chi connectivity index (χ4n) is 5.62. The van der Waals surface area contributed by atoms with Crippen molar-refractivity contribution in [3.63, 3.8) is 0 Å².